The monoisotopic (exact) mass is 737 g/mol. The molecule has 0 spiro atoms. The Kier molecular flexibility index (Phi) is 10.4. The van der Waals surface area contributed by atoms with E-state index in [1.807, 2.05) is 19.9 Å². The van der Waals surface area contributed by atoms with Crippen LogP contribution >= 0.6 is 11.3 Å². The van der Waals surface area contributed by atoms with Crippen molar-refractivity contribution in [1.82, 2.24) is 25.4 Å². The molecular weight excluding hydrogens is 685 g/mol. The van der Waals surface area contributed by atoms with Crippen molar-refractivity contribution >= 4 is 42.3 Å². The topological polar surface area (TPSA) is 149 Å². The van der Waals surface area contributed by atoms with Gasteiger partial charge in [-0.05, 0) is 89.7 Å². The number of urea groups is 1. The highest BCUT2D eigenvalue weighted by atomic mass is 32.1. The van der Waals surface area contributed by atoms with Gasteiger partial charge in [0, 0.05) is 25.0 Å². The predicted molar refractivity (Wildman–Crippen MR) is 196 cm³/mol. The minimum Gasteiger partial charge on any atom is -0.496 e. The van der Waals surface area contributed by atoms with Crippen molar-refractivity contribution in [3.63, 3.8) is 0 Å². The van der Waals surface area contributed by atoms with E-state index >= 15 is 0 Å². The molecule has 15 heteroatoms. The molecule has 3 saturated carbocycles. The fourth-order valence-corrected chi connectivity index (χ4v) is 9.13. The number of hydrogen-bond acceptors (Lipinski definition) is 10. The summed E-state index contributed by atoms with van der Waals surface area (Å²) < 4.78 is 25.1. The number of carbonyl (C=O) groups excluding carboxylic acids is 4. The Hall–Kier alpha value is -3.69. The van der Waals surface area contributed by atoms with Crippen LogP contribution in [0.2, 0.25) is 0 Å². The first-order valence-electron chi connectivity index (χ1n) is 18.2. The van der Waals surface area contributed by atoms with Crippen LogP contribution in [0.15, 0.2) is 23.6 Å². The number of thiazole rings is 1. The van der Waals surface area contributed by atoms with Gasteiger partial charge in [0.1, 0.15) is 23.5 Å². The second kappa shape index (κ2) is 14.3. The molecule has 3 aliphatic carbocycles. The fraction of sp³-hybridized carbons (Fsp3) is 0.649. The van der Waals surface area contributed by atoms with E-state index in [0.717, 1.165) is 17.8 Å². The zero-order valence-corrected chi connectivity index (χ0v) is 32.6. The lowest BCUT2D eigenvalue weighted by molar-refractivity contribution is -0.199. The normalized spacial score (nSPS) is 26.2. The van der Waals surface area contributed by atoms with Crippen LogP contribution in [-0.4, -0.2) is 102 Å². The Balaban J connectivity index is 1.30. The van der Waals surface area contributed by atoms with Gasteiger partial charge in [0.25, 0.3) is 0 Å². The molecule has 2 aliphatic heterocycles. The molecule has 4 unspecified atom stereocenters. The van der Waals surface area contributed by atoms with Gasteiger partial charge in [-0.3, -0.25) is 9.59 Å². The molecule has 52 heavy (non-hydrogen) atoms. The lowest BCUT2D eigenvalue weighted by Gasteiger charge is -2.64. The molecule has 7 rings (SSSR count). The summed E-state index contributed by atoms with van der Waals surface area (Å²) in [6.45, 7) is 17.1. The molecule has 2 saturated heterocycles. The molecule has 5 fully saturated rings. The molecule has 2 N–H and O–H groups in total. The molecule has 13 nitrogen and oxygen atoms in total. The molecule has 2 aromatic rings. The Labute approximate surface area is 310 Å². The van der Waals surface area contributed by atoms with Crippen molar-refractivity contribution in [3.05, 3.63) is 45.4 Å². The standard InChI is InChI=1S/C37H52BN5O8S/c1-10-42-14-15-43(19-29(42)44)34(47)41-30(25-20-52-21(2)39-25)32(45)40-28(38-50-27-18-23-17-26(36(23,6)7)37(27,8)51-38)16-22-12-11-13-24(31(22)48-9)33(46)49-35(3,4)5/h11-13,20,23,26-28,30H,10,14-19H2,1-9H3,(H,40,45)(H,41,47)/t23?,26?,27?,28-,30?,37-/m0/s1. The number of ether oxygens (including phenoxy) is 2. The number of nitrogens with one attached hydrogen (secondary N) is 2. The lowest BCUT2D eigenvalue weighted by atomic mass is 9.43. The summed E-state index contributed by atoms with van der Waals surface area (Å²) in [5.74, 6) is -0.805. The first-order valence-corrected chi connectivity index (χ1v) is 19.1. The number of nitrogens with zero attached hydrogens (tertiary/aromatic N) is 3. The maximum atomic E-state index is 14.5. The highest BCUT2D eigenvalue weighted by molar-refractivity contribution is 7.09. The number of amides is 4. The maximum Gasteiger partial charge on any atom is 0.482 e. The van der Waals surface area contributed by atoms with E-state index in [9.17, 15) is 19.2 Å². The van der Waals surface area contributed by atoms with Gasteiger partial charge >= 0.3 is 19.1 Å². The fourth-order valence-electron chi connectivity index (χ4n) is 8.49. The van der Waals surface area contributed by atoms with Gasteiger partial charge in [0.05, 0.1) is 35.5 Å². The van der Waals surface area contributed by atoms with Gasteiger partial charge in [-0.25, -0.2) is 14.6 Å². The quantitative estimate of drug-likeness (QED) is 0.269. The first-order chi connectivity index (χ1) is 24.4. The third-order valence-electron chi connectivity index (χ3n) is 11.4. The number of rotatable bonds is 10. The van der Waals surface area contributed by atoms with Crippen LogP contribution < -0.4 is 15.4 Å². The van der Waals surface area contributed by atoms with Gasteiger partial charge in [0.15, 0.2) is 6.04 Å². The molecule has 2 bridgehead atoms. The Morgan fingerprint density at radius 3 is 2.52 bits per heavy atom. The number of aromatic nitrogens is 1. The van der Waals surface area contributed by atoms with E-state index < -0.39 is 48.2 Å². The second-order valence-corrected chi connectivity index (χ2v) is 17.3. The van der Waals surface area contributed by atoms with Crippen LogP contribution in [0.3, 0.4) is 0 Å². The molecule has 1 aromatic heterocycles. The first kappa shape index (κ1) is 38.1. The molecule has 4 amide bonds. The minimum atomic E-state index is -1.17. The summed E-state index contributed by atoms with van der Waals surface area (Å²) in [7, 11) is 0.659. The smallest absolute Gasteiger partial charge is 0.482 e. The van der Waals surface area contributed by atoms with Crippen molar-refractivity contribution in [2.24, 2.45) is 17.3 Å². The van der Waals surface area contributed by atoms with Crippen LogP contribution in [-0.2, 0) is 30.1 Å². The van der Waals surface area contributed by atoms with Crippen LogP contribution in [0.5, 0.6) is 5.75 Å². The zero-order chi connectivity index (χ0) is 37.7. The molecule has 282 valence electrons. The largest absolute Gasteiger partial charge is 0.496 e. The van der Waals surface area contributed by atoms with E-state index in [1.54, 1.807) is 43.2 Å². The van der Waals surface area contributed by atoms with E-state index in [1.165, 1.54) is 23.3 Å². The Bertz CT molecular complexity index is 1710. The number of para-hydroxylation sites is 1. The average molecular weight is 738 g/mol. The number of esters is 1. The van der Waals surface area contributed by atoms with Crippen molar-refractivity contribution in [2.75, 3.05) is 33.3 Å². The second-order valence-electron chi connectivity index (χ2n) is 16.2. The minimum absolute atomic E-state index is 0.0806. The third kappa shape index (κ3) is 7.28. The lowest BCUT2D eigenvalue weighted by Crippen LogP contribution is -2.65. The highest BCUT2D eigenvalue weighted by Gasteiger charge is 2.68. The molecule has 1 aromatic carbocycles. The Morgan fingerprint density at radius 2 is 1.90 bits per heavy atom. The van der Waals surface area contributed by atoms with Gasteiger partial charge in [-0.2, -0.15) is 0 Å². The van der Waals surface area contributed by atoms with Crippen molar-refractivity contribution in [1.29, 1.82) is 0 Å². The number of aryl methyl sites for hydroxylation is 1. The molecule has 3 heterocycles. The number of hydrogen-bond donors (Lipinski definition) is 2. The molecule has 0 radical (unpaired) electrons. The Morgan fingerprint density at radius 1 is 1.15 bits per heavy atom. The van der Waals surface area contributed by atoms with Gasteiger partial charge in [-0.15, -0.1) is 11.3 Å². The van der Waals surface area contributed by atoms with Gasteiger partial charge in [-0.1, -0.05) is 26.0 Å². The summed E-state index contributed by atoms with van der Waals surface area (Å²) in [4.78, 5) is 61.6. The van der Waals surface area contributed by atoms with Gasteiger partial charge < -0.3 is 39.2 Å². The number of likely N-dealkylation sites (N-methyl/N-ethyl adjacent to an activating group) is 1. The summed E-state index contributed by atoms with van der Waals surface area (Å²) in [5.41, 5.74) is 0.121. The maximum absolute atomic E-state index is 14.5. The molecular formula is C37H52BN5O8S. The van der Waals surface area contributed by atoms with Crippen molar-refractivity contribution < 1.29 is 38.0 Å². The van der Waals surface area contributed by atoms with Gasteiger partial charge in [0.2, 0.25) is 11.8 Å². The number of carbonyl (C=O) groups is 4. The summed E-state index contributed by atoms with van der Waals surface area (Å²) in [6.07, 6.45) is 1.95. The van der Waals surface area contributed by atoms with E-state index in [-0.39, 0.29) is 41.9 Å². The third-order valence-corrected chi connectivity index (χ3v) is 12.2. The van der Waals surface area contributed by atoms with Crippen molar-refractivity contribution in [3.8, 4) is 5.75 Å². The number of methoxy groups -OCH3 is 1. The van der Waals surface area contributed by atoms with E-state index in [2.05, 4.69) is 36.4 Å². The van der Waals surface area contributed by atoms with Crippen molar-refractivity contribution in [2.45, 2.75) is 104 Å². The molecule has 6 atom stereocenters. The number of piperazine rings is 1. The SMILES string of the molecule is CCN1CCN(C(=O)NC(C(=O)N[C@@H](Cc2cccc(C(=O)OC(C)(C)C)c2OC)B2OC3CC4CC(C4(C)C)[C@]3(C)O2)c2csc(C)n2)CC1=O. The van der Waals surface area contributed by atoms with E-state index in [4.69, 9.17) is 18.8 Å². The van der Waals surface area contributed by atoms with E-state index in [0.29, 0.717) is 42.6 Å². The highest BCUT2D eigenvalue weighted by Crippen LogP contribution is 2.65. The number of benzene rings is 1. The van der Waals surface area contributed by atoms with Crippen LogP contribution in [0, 0.1) is 24.2 Å². The molecule has 5 aliphatic rings. The average Bonchev–Trinajstić information content (AvgIpc) is 3.67. The predicted octanol–water partition coefficient (Wildman–Crippen LogP) is 4.33. The summed E-state index contributed by atoms with van der Waals surface area (Å²) in [6, 6.07) is 3.54. The summed E-state index contributed by atoms with van der Waals surface area (Å²) >= 11 is 1.37. The van der Waals surface area contributed by atoms with Crippen LogP contribution in [0.25, 0.3) is 0 Å². The van der Waals surface area contributed by atoms with Crippen LogP contribution in [0.4, 0.5) is 4.79 Å². The van der Waals surface area contributed by atoms with Crippen LogP contribution in [0.1, 0.15) is 94.0 Å². The summed E-state index contributed by atoms with van der Waals surface area (Å²) in [5, 5.41) is 8.50. The zero-order valence-electron chi connectivity index (χ0n) is 31.7.